The lowest BCUT2D eigenvalue weighted by atomic mass is 10.0. The molecular weight excluding hydrogens is 320 g/mol. The topological polar surface area (TPSA) is 85.3 Å². The highest BCUT2D eigenvalue weighted by Gasteiger charge is 2.28. The lowest BCUT2D eigenvalue weighted by Gasteiger charge is -2.14. The summed E-state index contributed by atoms with van der Waals surface area (Å²) in [6.45, 7) is 1.50. The summed E-state index contributed by atoms with van der Waals surface area (Å²) in [6.07, 6.45) is 7.57. The number of furan rings is 1. The van der Waals surface area contributed by atoms with E-state index in [1.165, 1.54) is 6.26 Å². The molecule has 4 rings (SSSR count). The van der Waals surface area contributed by atoms with Crippen LogP contribution < -0.4 is 0 Å². The molecule has 1 aliphatic heterocycles. The van der Waals surface area contributed by atoms with Crippen LogP contribution in [0.1, 0.15) is 29.2 Å². The number of pyridine rings is 1. The minimum absolute atomic E-state index is 0.0362. The molecule has 128 valence electrons. The van der Waals surface area contributed by atoms with E-state index in [9.17, 15) is 4.79 Å². The van der Waals surface area contributed by atoms with Crippen molar-refractivity contribution in [2.45, 2.75) is 19.3 Å². The smallest absolute Gasteiger partial charge is 0.289 e. The molecule has 3 aromatic heterocycles. The molecule has 1 atom stereocenters. The first-order chi connectivity index (χ1) is 12.3. The van der Waals surface area contributed by atoms with E-state index in [-0.39, 0.29) is 5.91 Å². The molecule has 0 bridgehead atoms. The third-order valence-electron chi connectivity index (χ3n) is 4.46. The largest absolute Gasteiger partial charge is 0.459 e. The molecule has 1 fully saturated rings. The summed E-state index contributed by atoms with van der Waals surface area (Å²) >= 11 is 0. The number of hydrogen-bond donors (Lipinski definition) is 0. The first kappa shape index (κ1) is 15.6. The number of likely N-dealkylation sites (tertiary alicyclic amines) is 1. The van der Waals surface area contributed by atoms with Crippen LogP contribution in [0.25, 0.3) is 11.5 Å². The Kier molecular flexibility index (Phi) is 4.28. The lowest BCUT2D eigenvalue weighted by molar-refractivity contribution is 0.0755. The molecule has 0 spiro atoms. The van der Waals surface area contributed by atoms with Crippen molar-refractivity contribution in [3.05, 3.63) is 54.5 Å². The molecule has 7 heteroatoms. The van der Waals surface area contributed by atoms with Crippen LogP contribution in [0.4, 0.5) is 0 Å². The molecule has 0 saturated carbocycles. The zero-order chi connectivity index (χ0) is 17.1. The van der Waals surface area contributed by atoms with Gasteiger partial charge in [0.05, 0.1) is 11.8 Å². The van der Waals surface area contributed by atoms with Gasteiger partial charge in [-0.05, 0) is 43.0 Å². The Morgan fingerprint density at radius 1 is 1.32 bits per heavy atom. The Balaban J connectivity index is 1.31. The predicted octanol–water partition coefficient (Wildman–Crippen LogP) is 2.82. The highest BCUT2D eigenvalue weighted by atomic mass is 16.5. The van der Waals surface area contributed by atoms with Crippen molar-refractivity contribution in [3.63, 3.8) is 0 Å². The number of carbonyl (C=O) groups is 1. The van der Waals surface area contributed by atoms with Crippen LogP contribution in [0.15, 0.2) is 51.9 Å². The fraction of sp³-hybridized carbons (Fsp3) is 0.333. The van der Waals surface area contributed by atoms with Gasteiger partial charge in [-0.2, -0.15) is 4.98 Å². The Morgan fingerprint density at radius 2 is 2.28 bits per heavy atom. The summed E-state index contributed by atoms with van der Waals surface area (Å²) < 4.78 is 10.5. The van der Waals surface area contributed by atoms with E-state index in [2.05, 4.69) is 15.1 Å². The molecule has 1 amide bonds. The normalized spacial score (nSPS) is 17.1. The number of rotatable bonds is 5. The number of nitrogens with zero attached hydrogens (tertiary/aromatic N) is 4. The molecule has 1 unspecified atom stereocenters. The van der Waals surface area contributed by atoms with E-state index in [1.807, 2.05) is 17.0 Å². The van der Waals surface area contributed by atoms with Gasteiger partial charge in [0.2, 0.25) is 0 Å². The molecule has 7 nitrogen and oxygen atoms in total. The molecule has 0 N–H and O–H groups in total. The molecule has 3 aromatic rings. The standard InChI is InChI=1S/C18H18N4O3/c23-18(15-4-2-10-24-15)22-9-7-13(12-22)5-6-16-20-17(25-21-16)14-3-1-8-19-11-14/h1-4,8,10-11,13H,5-7,9,12H2. The second-order valence-electron chi connectivity index (χ2n) is 6.18. The average Bonchev–Trinajstić information content (AvgIpc) is 3.41. The number of aryl methyl sites for hydroxylation is 1. The second kappa shape index (κ2) is 6.88. The molecule has 25 heavy (non-hydrogen) atoms. The van der Waals surface area contributed by atoms with Crippen LogP contribution >= 0.6 is 0 Å². The first-order valence-corrected chi connectivity index (χ1v) is 8.35. The highest BCUT2D eigenvalue weighted by molar-refractivity contribution is 5.91. The maximum atomic E-state index is 12.3. The lowest BCUT2D eigenvalue weighted by Crippen LogP contribution is -2.28. The van der Waals surface area contributed by atoms with E-state index in [0.29, 0.717) is 23.4 Å². The predicted molar refractivity (Wildman–Crippen MR) is 88.6 cm³/mol. The zero-order valence-electron chi connectivity index (χ0n) is 13.7. The zero-order valence-corrected chi connectivity index (χ0v) is 13.7. The molecule has 0 radical (unpaired) electrons. The van der Waals surface area contributed by atoms with Gasteiger partial charge < -0.3 is 13.8 Å². The number of hydrogen-bond acceptors (Lipinski definition) is 6. The van der Waals surface area contributed by atoms with Gasteiger partial charge in [0.15, 0.2) is 11.6 Å². The molecule has 1 saturated heterocycles. The fourth-order valence-electron chi connectivity index (χ4n) is 3.10. The van der Waals surface area contributed by atoms with E-state index in [0.717, 1.165) is 37.9 Å². The summed E-state index contributed by atoms with van der Waals surface area (Å²) in [5, 5.41) is 4.04. The Hall–Kier alpha value is -2.96. The van der Waals surface area contributed by atoms with E-state index in [1.54, 1.807) is 24.5 Å². The minimum Gasteiger partial charge on any atom is -0.459 e. The van der Waals surface area contributed by atoms with Crippen LogP contribution in [0, 0.1) is 5.92 Å². The van der Waals surface area contributed by atoms with Crippen molar-refractivity contribution in [1.29, 1.82) is 0 Å². The fourth-order valence-corrected chi connectivity index (χ4v) is 3.10. The van der Waals surface area contributed by atoms with Crippen molar-refractivity contribution in [2.24, 2.45) is 5.92 Å². The number of amides is 1. The summed E-state index contributed by atoms with van der Waals surface area (Å²) in [7, 11) is 0. The maximum absolute atomic E-state index is 12.3. The summed E-state index contributed by atoms with van der Waals surface area (Å²) in [4.78, 5) is 22.6. The van der Waals surface area contributed by atoms with Gasteiger partial charge in [0.1, 0.15) is 0 Å². The Morgan fingerprint density at radius 3 is 3.08 bits per heavy atom. The molecule has 0 aromatic carbocycles. The van der Waals surface area contributed by atoms with E-state index >= 15 is 0 Å². The van der Waals surface area contributed by atoms with Crippen LogP contribution in [-0.4, -0.2) is 39.0 Å². The SMILES string of the molecule is O=C(c1ccco1)N1CCC(CCc2noc(-c3cccnc3)n2)C1. The quantitative estimate of drug-likeness (QED) is 0.711. The average molecular weight is 338 g/mol. The first-order valence-electron chi connectivity index (χ1n) is 8.35. The summed E-state index contributed by atoms with van der Waals surface area (Å²) in [5.74, 6) is 1.99. The monoisotopic (exact) mass is 338 g/mol. The molecule has 4 heterocycles. The summed E-state index contributed by atoms with van der Waals surface area (Å²) in [5.41, 5.74) is 0.817. The van der Waals surface area contributed by atoms with Gasteiger partial charge in [0, 0.05) is 31.9 Å². The molecule has 1 aliphatic rings. The third kappa shape index (κ3) is 3.45. The van der Waals surface area contributed by atoms with Gasteiger partial charge in [-0.15, -0.1) is 0 Å². The van der Waals surface area contributed by atoms with Crippen molar-refractivity contribution in [1.82, 2.24) is 20.0 Å². The van der Waals surface area contributed by atoms with Crippen LogP contribution in [0.5, 0.6) is 0 Å². The van der Waals surface area contributed by atoms with Gasteiger partial charge in [0.25, 0.3) is 11.8 Å². The van der Waals surface area contributed by atoms with Gasteiger partial charge >= 0.3 is 0 Å². The van der Waals surface area contributed by atoms with E-state index in [4.69, 9.17) is 8.94 Å². The second-order valence-corrected chi connectivity index (χ2v) is 6.18. The third-order valence-corrected chi connectivity index (χ3v) is 4.46. The number of aromatic nitrogens is 3. The highest BCUT2D eigenvalue weighted by Crippen LogP contribution is 2.23. The van der Waals surface area contributed by atoms with Gasteiger partial charge in [-0.1, -0.05) is 5.16 Å². The Bertz CT molecular complexity index is 829. The minimum atomic E-state index is -0.0362. The van der Waals surface area contributed by atoms with Crippen LogP contribution in [0.2, 0.25) is 0 Å². The van der Waals surface area contributed by atoms with Crippen molar-refractivity contribution < 1.29 is 13.7 Å². The van der Waals surface area contributed by atoms with Crippen molar-refractivity contribution in [2.75, 3.05) is 13.1 Å². The van der Waals surface area contributed by atoms with Crippen LogP contribution in [0.3, 0.4) is 0 Å². The maximum Gasteiger partial charge on any atom is 0.289 e. The van der Waals surface area contributed by atoms with Gasteiger partial charge in [-0.25, -0.2) is 0 Å². The molecular formula is C18H18N4O3. The van der Waals surface area contributed by atoms with Crippen LogP contribution in [-0.2, 0) is 6.42 Å². The summed E-state index contributed by atoms with van der Waals surface area (Å²) in [6, 6.07) is 7.16. The number of carbonyl (C=O) groups excluding carboxylic acids is 1. The van der Waals surface area contributed by atoms with E-state index < -0.39 is 0 Å². The molecule has 0 aliphatic carbocycles. The van der Waals surface area contributed by atoms with Crippen molar-refractivity contribution >= 4 is 5.91 Å². The van der Waals surface area contributed by atoms with Gasteiger partial charge in [-0.3, -0.25) is 9.78 Å². The Labute approximate surface area is 144 Å². The van der Waals surface area contributed by atoms with Crippen molar-refractivity contribution in [3.8, 4) is 11.5 Å².